The summed E-state index contributed by atoms with van der Waals surface area (Å²) in [6.45, 7) is 2.02. The molecule has 2 unspecified atom stereocenters. The van der Waals surface area contributed by atoms with Crippen molar-refractivity contribution < 1.29 is 13.5 Å². The maximum absolute atomic E-state index is 14.0. The lowest BCUT2D eigenvalue weighted by molar-refractivity contribution is 0.149. The van der Waals surface area contributed by atoms with E-state index in [2.05, 4.69) is 11.4 Å². The van der Waals surface area contributed by atoms with Crippen LogP contribution in [-0.2, 0) is 0 Å². The van der Waals surface area contributed by atoms with E-state index in [0.29, 0.717) is 6.42 Å². The van der Waals surface area contributed by atoms with Crippen LogP contribution in [-0.4, -0.2) is 7.05 Å². The monoisotopic (exact) mass is 289 g/mol. The Balaban J connectivity index is 2.01. The highest BCUT2D eigenvalue weighted by Gasteiger charge is 2.30. The molecule has 0 radical (unpaired) electrons. The number of benzene rings is 2. The molecular formula is C17H17F2NO. The Bertz CT molecular complexity index is 672. The van der Waals surface area contributed by atoms with E-state index in [1.54, 1.807) is 6.07 Å². The van der Waals surface area contributed by atoms with Crippen molar-refractivity contribution in [2.24, 2.45) is 0 Å². The van der Waals surface area contributed by atoms with Gasteiger partial charge in [0.1, 0.15) is 11.9 Å². The Labute approximate surface area is 122 Å². The van der Waals surface area contributed by atoms with Crippen LogP contribution in [0.2, 0.25) is 0 Å². The van der Waals surface area contributed by atoms with Crippen molar-refractivity contribution in [1.82, 2.24) is 5.32 Å². The van der Waals surface area contributed by atoms with Gasteiger partial charge in [0.15, 0.2) is 11.6 Å². The molecule has 110 valence electrons. The van der Waals surface area contributed by atoms with E-state index in [-0.39, 0.29) is 11.6 Å². The second kappa shape index (κ2) is 5.45. The molecule has 21 heavy (non-hydrogen) atoms. The number of nitrogens with one attached hydrogen (secondary N) is 1. The molecule has 0 saturated carbocycles. The maximum Gasteiger partial charge on any atom is 0.165 e. The van der Waals surface area contributed by atoms with Crippen molar-refractivity contribution in [1.29, 1.82) is 0 Å². The molecule has 1 N–H and O–H groups in total. The molecule has 0 bridgehead atoms. The SMILES string of the molecule is CNC1CC(c2cccc(F)c2F)Oc2ccc(C)cc21. The number of fused-ring (bicyclic) bond motifs is 1. The van der Waals surface area contributed by atoms with Crippen LogP contribution >= 0.6 is 0 Å². The minimum absolute atomic E-state index is 0.0568. The molecule has 0 fully saturated rings. The molecule has 0 spiro atoms. The fraction of sp³-hybridized carbons (Fsp3) is 0.294. The molecule has 2 aromatic carbocycles. The molecule has 2 atom stereocenters. The lowest BCUT2D eigenvalue weighted by Gasteiger charge is -2.32. The van der Waals surface area contributed by atoms with Crippen molar-refractivity contribution in [3.8, 4) is 5.75 Å². The van der Waals surface area contributed by atoms with Crippen LogP contribution < -0.4 is 10.1 Å². The zero-order valence-electron chi connectivity index (χ0n) is 12.0. The van der Waals surface area contributed by atoms with Gasteiger partial charge in [-0.25, -0.2) is 8.78 Å². The van der Waals surface area contributed by atoms with Crippen LogP contribution in [0.3, 0.4) is 0 Å². The van der Waals surface area contributed by atoms with Gasteiger partial charge in [0.25, 0.3) is 0 Å². The number of ether oxygens (including phenoxy) is 1. The number of hydrogen-bond acceptors (Lipinski definition) is 2. The highest BCUT2D eigenvalue weighted by molar-refractivity contribution is 5.42. The summed E-state index contributed by atoms with van der Waals surface area (Å²) in [7, 11) is 1.86. The topological polar surface area (TPSA) is 21.3 Å². The van der Waals surface area contributed by atoms with Gasteiger partial charge >= 0.3 is 0 Å². The quantitative estimate of drug-likeness (QED) is 0.900. The first-order chi connectivity index (χ1) is 10.1. The third-order valence-electron chi connectivity index (χ3n) is 3.94. The van der Waals surface area contributed by atoms with Crippen LogP contribution in [0.1, 0.15) is 35.3 Å². The molecule has 0 aromatic heterocycles. The minimum atomic E-state index is -0.841. The summed E-state index contributed by atoms with van der Waals surface area (Å²) in [5, 5.41) is 3.22. The van der Waals surface area contributed by atoms with Gasteiger partial charge in [0, 0.05) is 23.6 Å². The average molecular weight is 289 g/mol. The van der Waals surface area contributed by atoms with Gasteiger partial charge in [-0.05, 0) is 26.1 Å². The molecule has 1 aliphatic rings. The zero-order chi connectivity index (χ0) is 15.0. The van der Waals surface area contributed by atoms with Crippen LogP contribution in [0.15, 0.2) is 36.4 Å². The van der Waals surface area contributed by atoms with Crippen molar-refractivity contribution in [2.45, 2.75) is 25.5 Å². The second-order valence-corrected chi connectivity index (χ2v) is 5.37. The fourth-order valence-electron chi connectivity index (χ4n) is 2.82. The summed E-state index contributed by atoms with van der Waals surface area (Å²) in [4.78, 5) is 0. The van der Waals surface area contributed by atoms with Gasteiger partial charge in [-0.3, -0.25) is 0 Å². The number of rotatable bonds is 2. The average Bonchev–Trinajstić information content (AvgIpc) is 2.49. The number of aryl methyl sites for hydroxylation is 1. The van der Waals surface area contributed by atoms with Crippen LogP contribution in [0.4, 0.5) is 8.78 Å². The first-order valence-corrected chi connectivity index (χ1v) is 6.98. The molecule has 0 aliphatic carbocycles. The van der Waals surface area contributed by atoms with Crippen molar-refractivity contribution in [3.63, 3.8) is 0 Å². The first-order valence-electron chi connectivity index (χ1n) is 6.98. The Morgan fingerprint density at radius 2 is 1.95 bits per heavy atom. The molecule has 3 rings (SSSR count). The van der Waals surface area contributed by atoms with Gasteiger partial charge in [-0.2, -0.15) is 0 Å². The van der Waals surface area contributed by atoms with E-state index in [1.807, 2.05) is 26.1 Å². The predicted molar refractivity (Wildman–Crippen MR) is 77.3 cm³/mol. The molecule has 4 heteroatoms. The summed E-state index contributed by atoms with van der Waals surface area (Å²) in [5.41, 5.74) is 2.47. The van der Waals surface area contributed by atoms with E-state index in [1.165, 1.54) is 6.07 Å². The third-order valence-corrected chi connectivity index (χ3v) is 3.94. The summed E-state index contributed by atoms with van der Waals surface area (Å²) in [6.07, 6.45) is 0.0706. The summed E-state index contributed by atoms with van der Waals surface area (Å²) < 4.78 is 33.3. The van der Waals surface area contributed by atoms with Gasteiger partial charge in [-0.15, -0.1) is 0 Å². The molecule has 1 aliphatic heterocycles. The van der Waals surface area contributed by atoms with Crippen molar-refractivity contribution in [3.05, 3.63) is 64.7 Å². The van der Waals surface area contributed by atoms with E-state index in [0.717, 1.165) is 22.9 Å². The summed E-state index contributed by atoms with van der Waals surface area (Å²) in [5.74, 6) is -0.945. The normalized spacial score (nSPS) is 20.8. The summed E-state index contributed by atoms with van der Waals surface area (Å²) in [6, 6.07) is 10.2. The Morgan fingerprint density at radius 1 is 1.14 bits per heavy atom. The molecule has 1 heterocycles. The van der Waals surface area contributed by atoms with E-state index in [9.17, 15) is 8.78 Å². The van der Waals surface area contributed by atoms with Gasteiger partial charge < -0.3 is 10.1 Å². The van der Waals surface area contributed by atoms with E-state index < -0.39 is 17.7 Å². The second-order valence-electron chi connectivity index (χ2n) is 5.37. The Morgan fingerprint density at radius 3 is 2.71 bits per heavy atom. The lowest BCUT2D eigenvalue weighted by Crippen LogP contribution is -2.27. The Kier molecular flexibility index (Phi) is 3.64. The largest absolute Gasteiger partial charge is 0.485 e. The van der Waals surface area contributed by atoms with Crippen LogP contribution in [0.5, 0.6) is 5.75 Å². The fourth-order valence-corrected chi connectivity index (χ4v) is 2.82. The predicted octanol–water partition coefficient (Wildman–Crippen LogP) is 4.06. The molecular weight excluding hydrogens is 272 g/mol. The van der Waals surface area contributed by atoms with Crippen molar-refractivity contribution >= 4 is 0 Å². The minimum Gasteiger partial charge on any atom is -0.485 e. The number of halogens is 2. The standard InChI is InChI=1S/C17H17F2NO/c1-10-6-7-15-12(8-10)14(20-2)9-16(21-15)11-4-3-5-13(18)17(11)19/h3-8,14,16,20H,9H2,1-2H3. The van der Waals surface area contributed by atoms with Gasteiger partial charge in [-0.1, -0.05) is 29.8 Å². The highest BCUT2D eigenvalue weighted by Crippen LogP contribution is 2.41. The van der Waals surface area contributed by atoms with E-state index >= 15 is 0 Å². The molecule has 0 amide bonds. The number of hydrogen-bond donors (Lipinski definition) is 1. The van der Waals surface area contributed by atoms with Crippen molar-refractivity contribution in [2.75, 3.05) is 7.05 Å². The van der Waals surface area contributed by atoms with Gasteiger partial charge in [0.2, 0.25) is 0 Å². The van der Waals surface area contributed by atoms with Gasteiger partial charge in [0.05, 0.1) is 0 Å². The molecule has 2 aromatic rings. The zero-order valence-corrected chi connectivity index (χ0v) is 12.0. The summed E-state index contributed by atoms with van der Waals surface area (Å²) >= 11 is 0. The van der Waals surface area contributed by atoms with Crippen LogP contribution in [0.25, 0.3) is 0 Å². The van der Waals surface area contributed by atoms with Crippen LogP contribution in [0, 0.1) is 18.6 Å². The smallest absolute Gasteiger partial charge is 0.165 e. The maximum atomic E-state index is 14.0. The molecule has 2 nitrogen and oxygen atoms in total. The third kappa shape index (κ3) is 2.51. The Hall–Kier alpha value is -1.94. The highest BCUT2D eigenvalue weighted by atomic mass is 19.2. The lowest BCUT2D eigenvalue weighted by atomic mass is 9.92. The molecule has 0 saturated heterocycles. The van der Waals surface area contributed by atoms with E-state index in [4.69, 9.17) is 4.74 Å². The first kappa shape index (κ1) is 14.0.